The number of carbonyl (C=O) groups excluding carboxylic acids is 2. The lowest BCUT2D eigenvalue weighted by atomic mass is 9.63. The van der Waals surface area contributed by atoms with Gasteiger partial charge in [0.2, 0.25) is 11.8 Å². The van der Waals surface area contributed by atoms with E-state index in [0.29, 0.717) is 17.6 Å². The van der Waals surface area contributed by atoms with Crippen molar-refractivity contribution in [3.8, 4) is 0 Å². The Kier molecular flexibility index (Phi) is 2.68. The summed E-state index contributed by atoms with van der Waals surface area (Å²) in [6, 6.07) is 2.40. The number of furan rings is 1. The number of imide groups is 1. The lowest BCUT2D eigenvalue weighted by Gasteiger charge is -2.37. The molecule has 7 atom stereocenters. The third-order valence-corrected chi connectivity index (χ3v) is 6.25. The number of carbonyl (C=O) groups is 3. The van der Waals surface area contributed by atoms with Gasteiger partial charge < -0.3 is 9.52 Å². The van der Waals surface area contributed by atoms with E-state index >= 15 is 0 Å². The Hall–Kier alpha value is -2.37. The summed E-state index contributed by atoms with van der Waals surface area (Å²) < 4.78 is 5.33. The number of aliphatic carboxylic acids is 1. The fraction of sp³-hybridized carbons (Fsp3) is 0.500. The first kappa shape index (κ1) is 14.0. The molecule has 2 bridgehead atoms. The number of allylic oxidation sites excluding steroid dienone is 2. The van der Waals surface area contributed by atoms with Crippen LogP contribution in [0.1, 0.15) is 24.6 Å². The maximum Gasteiger partial charge on any atom is 0.305 e. The van der Waals surface area contributed by atoms with Crippen LogP contribution in [0.3, 0.4) is 0 Å². The number of rotatable bonds is 4. The zero-order valence-electron chi connectivity index (χ0n) is 12.9. The lowest BCUT2D eigenvalue weighted by Crippen LogP contribution is -2.40. The van der Waals surface area contributed by atoms with Gasteiger partial charge in [0.25, 0.3) is 0 Å². The van der Waals surface area contributed by atoms with Gasteiger partial charge in [-0.3, -0.25) is 19.3 Å². The van der Waals surface area contributed by atoms with Gasteiger partial charge in [-0.1, -0.05) is 12.2 Å². The molecule has 2 amide bonds. The van der Waals surface area contributed by atoms with Gasteiger partial charge in [0.15, 0.2) is 0 Å². The molecule has 0 aromatic carbocycles. The minimum atomic E-state index is -1.06. The quantitative estimate of drug-likeness (QED) is 0.673. The molecular formula is C18H17NO5. The zero-order chi connectivity index (χ0) is 16.6. The minimum absolute atomic E-state index is 0.133. The molecule has 4 aliphatic carbocycles. The van der Waals surface area contributed by atoms with Crippen molar-refractivity contribution in [3.63, 3.8) is 0 Å². The Morgan fingerprint density at radius 1 is 1.21 bits per heavy atom. The third kappa shape index (κ3) is 1.68. The predicted molar refractivity (Wildman–Crippen MR) is 80.3 cm³/mol. The molecule has 6 nitrogen and oxygen atoms in total. The summed E-state index contributed by atoms with van der Waals surface area (Å²) in [4.78, 5) is 38.6. The molecule has 1 aliphatic heterocycles. The minimum Gasteiger partial charge on any atom is -0.481 e. The Morgan fingerprint density at radius 3 is 2.33 bits per heavy atom. The van der Waals surface area contributed by atoms with Crippen LogP contribution in [0.25, 0.3) is 0 Å². The first-order valence-corrected chi connectivity index (χ1v) is 8.38. The second-order valence-electron chi connectivity index (χ2n) is 7.33. The number of nitrogens with zero attached hydrogens (tertiary/aromatic N) is 1. The van der Waals surface area contributed by atoms with E-state index in [9.17, 15) is 19.5 Å². The summed E-state index contributed by atoms with van der Waals surface area (Å²) in [7, 11) is 0. The number of carboxylic acids is 1. The van der Waals surface area contributed by atoms with Crippen molar-refractivity contribution in [2.45, 2.75) is 18.9 Å². The van der Waals surface area contributed by atoms with Crippen molar-refractivity contribution in [2.75, 3.05) is 0 Å². The molecule has 2 heterocycles. The standard InChI is InChI=1S/C18H17NO5/c20-14(21)7-12(13-2-1-5-24-13)19-17(22)15-8-3-4-9(11-6-10(8)11)16(15)18(19)23/h1-5,8-12,15-16H,6-7H2,(H,20,21)/t8-,9-,10-,11+,12+,15+,16+/m0/s1. The summed E-state index contributed by atoms with van der Waals surface area (Å²) in [5, 5.41) is 9.24. The van der Waals surface area contributed by atoms with E-state index in [0.717, 1.165) is 6.42 Å². The number of likely N-dealkylation sites (tertiary alicyclic amines) is 1. The van der Waals surface area contributed by atoms with E-state index in [4.69, 9.17) is 4.42 Å². The molecule has 5 aliphatic rings. The van der Waals surface area contributed by atoms with Gasteiger partial charge in [0, 0.05) is 0 Å². The fourth-order valence-electron chi connectivity index (χ4n) is 5.25. The SMILES string of the molecule is O=C(O)C[C@H](c1ccco1)N1C(=O)[C@@H]2[C@H]3C=C[C@@H]([C@@H]4C[C@H]34)[C@H]2C1=O. The van der Waals surface area contributed by atoms with E-state index in [2.05, 4.69) is 12.2 Å². The van der Waals surface area contributed by atoms with Crippen LogP contribution in [-0.2, 0) is 14.4 Å². The van der Waals surface area contributed by atoms with Gasteiger partial charge in [-0.25, -0.2) is 0 Å². The smallest absolute Gasteiger partial charge is 0.305 e. The summed E-state index contributed by atoms with van der Waals surface area (Å²) in [6.07, 6.45) is 6.41. The second kappa shape index (κ2) is 4.59. The summed E-state index contributed by atoms with van der Waals surface area (Å²) in [6.45, 7) is 0. The van der Waals surface area contributed by atoms with E-state index in [1.54, 1.807) is 12.1 Å². The van der Waals surface area contributed by atoms with Gasteiger partial charge in [-0.05, 0) is 42.2 Å². The number of amides is 2. The molecular weight excluding hydrogens is 310 g/mol. The molecule has 1 aromatic rings. The third-order valence-electron chi connectivity index (χ3n) is 6.25. The van der Waals surface area contributed by atoms with Crippen molar-refractivity contribution in [1.82, 2.24) is 4.90 Å². The van der Waals surface area contributed by atoms with Crippen molar-refractivity contribution in [1.29, 1.82) is 0 Å². The van der Waals surface area contributed by atoms with Gasteiger partial charge in [-0.2, -0.15) is 0 Å². The lowest BCUT2D eigenvalue weighted by molar-refractivity contribution is -0.146. The van der Waals surface area contributed by atoms with Crippen molar-refractivity contribution >= 4 is 17.8 Å². The maximum atomic E-state index is 13.1. The van der Waals surface area contributed by atoms with Crippen LogP contribution >= 0.6 is 0 Å². The number of hydrogen-bond acceptors (Lipinski definition) is 4. The van der Waals surface area contributed by atoms with Crippen LogP contribution in [0.2, 0.25) is 0 Å². The van der Waals surface area contributed by atoms with Crippen LogP contribution in [0.4, 0.5) is 0 Å². The molecule has 0 spiro atoms. The molecule has 1 N–H and O–H groups in total. The molecule has 24 heavy (non-hydrogen) atoms. The van der Waals surface area contributed by atoms with Crippen molar-refractivity contribution in [2.24, 2.45) is 35.5 Å². The normalized spacial score (nSPS) is 39.8. The zero-order valence-corrected chi connectivity index (χ0v) is 12.9. The highest BCUT2D eigenvalue weighted by molar-refractivity contribution is 6.06. The predicted octanol–water partition coefficient (Wildman–Crippen LogP) is 1.85. The van der Waals surface area contributed by atoms with Crippen LogP contribution in [-0.4, -0.2) is 27.8 Å². The average molecular weight is 327 g/mol. The Morgan fingerprint density at radius 2 is 1.83 bits per heavy atom. The maximum absolute atomic E-state index is 13.1. The van der Waals surface area contributed by atoms with Gasteiger partial charge in [0.05, 0.1) is 24.5 Å². The van der Waals surface area contributed by atoms with E-state index in [1.807, 2.05) is 0 Å². The van der Waals surface area contributed by atoms with E-state index < -0.39 is 12.0 Å². The Labute approximate surface area is 138 Å². The highest BCUT2D eigenvalue weighted by Crippen LogP contribution is 2.65. The molecule has 1 saturated heterocycles. The molecule has 0 unspecified atom stereocenters. The summed E-state index contributed by atoms with van der Waals surface area (Å²) in [5.41, 5.74) is 0. The molecule has 6 heteroatoms. The molecule has 3 fully saturated rings. The molecule has 2 saturated carbocycles. The van der Waals surface area contributed by atoms with E-state index in [1.165, 1.54) is 11.2 Å². The fourth-order valence-corrected chi connectivity index (χ4v) is 5.25. The molecule has 0 radical (unpaired) electrons. The van der Waals surface area contributed by atoms with Gasteiger partial charge >= 0.3 is 5.97 Å². The first-order chi connectivity index (χ1) is 11.6. The number of hydrogen-bond donors (Lipinski definition) is 1. The highest BCUT2D eigenvalue weighted by Gasteiger charge is 2.67. The van der Waals surface area contributed by atoms with Crippen LogP contribution < -0.4 is 0 Å². The van der Waals surface area contributed by atoms with Crippen molar-refractivity contribution in [3.05, 3.63) is 36.3 Å². The van der Waals surface area contributed by atoms with Crippen molar-refractivity contribution < 1.29 is 23.9 Å². The highest BCUT2D eigenvalue weighted by atomic mass is 16.4. The molecule has 124 valence electrons. The topological polar surface area (TPSA) is 87.8 Å². The van der Waals surface area contributed by atoms with Crippen LogP contribution in [0.5, 0.6) is 0 Å². The monoisotopic (exact) mass is 327 g/mol. The second-order valence-corrected chi connectivity index (χ2v) is 7.33. The Balaban J connectivity index is 1.54. The molecule has 6 rings (SSSR count). The Bertz CT molecular complexity index is 730. The van der Waals surface area contributed by atoms with Crippen LogP contribution in [0, 0.1) is 35.5 Å². The van der Waals surface area contributed by atoms with Crippen LogP contribution in [0.15, 0.2) is 35.0 Å². The molecule has 1 aromatic heterocycles. The summed E-state index contributed by atoms with van der Waals surface area (Å²) in [5.74, 6) is -0.472. The van der Waals surface area contributed by atoms with E-state index in [-0.39, 0.29) is 41.9 Å². The van der Waals surface area contributed by atoms with Gasteiger partial charge in [0.1, 0.15) is 11.8 Å². The average Bonchev–Trinajstić information content (AvgIpc) is 3.13. The van der Waals surface area contributed by atoms with Gasteiger partial charge in [-0.15, -0.1) is 0 Å². The number of carboxylic acid groups (broad SMARTS) is 1. The first-order valence-electron chi connectivity index (χ1n) is 8.38. The summed E-state index contributed by atoms with van der Waals surface area (Å²) >= 11 is 0. The largest absolute Gasteiger partial charge is 0.481 e.